The van der Waals surface area contributed by atoms with Crippen LogP contribution in [0.2, 0.25) is 0 Å². The number of nitrogens with zero attached hydrogens (tertiary/aromatic N) is 1. The smallest absolute Gasteiger partial charge is 0.219 e. The number of aliphatic hydroxyl groups is 1. The van der Waals surface area contributed by atoms with Gasteiger partial charge in [-0.2, -0.15) is 0 Å². The lowest BCUT2D eigenvalue weighted by molar-refractivity contribution is -0.131. The number of aromatic amines is 1. The molecule has 4 aromatic carbocycles. The predicted octanol–water partition coefficient (Wildman–Crippen LogP) is 5.21. The molecule has 0 aliphatic heterocycles. The Labute approximate surface area is 280 Å². The van der Waals surface area contributed by atoms with Crippen molar-refractivity contribution in [3.63, 3.8) is 0 Å². The van der Waals surface area contributed by atoms with Crippen molar-refractivity contribution in [2.24, 2.45) is 0 Å². The molecule has 0 radical (unpaired) electrons. The van der Waals surface area contributed by atoms with E-state index in [1.807, 2.05) is 91.0 Å². The Kier molecular flexibility index (Phi) is 13.3. The summed E-state index contributed by atoms with van der Waals surface area (Å²) in [5.41, 5.74) is 2.00. The molecule has 0 aliphatic rings. The number of carbonyl (C=O) groups is 2. The number of amides is 2. The maximum Gasteiger partial charge on any atom is 0.219 e. The molecule has 2 amide bonds. The third-order valence-electron chi connectivity index (χ3n) is 7.29. The molecule has 254 valence electrons. The molecule has 0 saturated carbocycles. The van der Waals surface area contributed by atoms with Gasteiger partial charge in [0.05, 0.1) is 39.4 Å². The molecule has 0 aliphatic carbocycles. The molecule has 0 saturated heterocycles. The summed E-state index contributed by atoms with van der Waals surface area (Å²) in [5.74, 6) is 3.12. The molecule has 3 N–H and O–H groups in total. The molecule has 11 heteroatoms. The first-order valence-electron chi connectivity index (χ1n) is 15.6. The lowest BCUT2D eigenvalue weighted by Gasteiger charge is -2.24. The van der Waals surface area contributed by atoms with Crippen LogP contribution in [0.15, 0.2) is 91.0 Å². The van der Waals surface area contributed by atoms with Gasteiger partial charge in [-0.25, -0.2) is 0 Å². The highest BCUT2D eigenvalue weighted by molar-refractivity contribution is 6.10. The number of rotatable bonds is 15. The first-order valence-corrected chi connectivity index (χ1v) is 15.6. The summed E-state index contributed by atoms with van der Waals surface area (Å²) < 4.78 is 27.6. The quantitative estimate of drug-likeness (QED) is 0.131. The second-order valence-electron chi connectivity index (χ2n) is 10.8. The summed E-state index contributed by atoms with van der Waals surface area (Å²) in [5, 5.41) is 15.3. The van der Waals surface area contributed by atoms with Gasteiger partial charge >= 0.3 is 0 Å². The van der Waals surface area contributed by atoms with Gasteiger partial charge in [-0.3, -0.25) is 9.59 Å². The Balaban J connectivity index is 0.000000291. The van der Waals surface area contributed by atoms with E-state index in [1.54, 1.807) is 19.1 Å². The van der Waals surface area contributed by atoms with Crippen LogP contribution in [0.25, 0.3) is 21.8 Å². The number of hydrogen-bond donors (Lipinski definition) is 3. The number of para-hydroxylation sites is 5. The van der Waals surface area contributed by atoms with Crippen LogP contribution in [0.3, 0.4) is 0 Å². The van der Waals surface area contributed by atoms with Gasteiger partial charge in [0.1, 0.15) is 31.7 Å². The summed E-state index contributed by atoms with van der Waals surface area (Å²) >= 11 is 0. The van der Waals surface area contributed by atoms with E-state index < -0.39 is 6.10 Å². The fourth-order valence-electron chi connectivity index (χ4n) is 4.99. The Morgan fingerprint density at radius 3 is 1.92 bits per heavy atom. The highest BCUT2D eigenvalue weighted by atomic mass is 16.5. The Bertz CT molecular complexity index is 1770. The molecule has 0 bridgehead atoms. The van der Waals surface area contributed by atoms with Crippen molar-refractivity contribution in [2.45, 2.75) is 20.0 Å². The molecule has 11 nitrogen and oxygen atoms in total. The third kappa shape index (κ3) is 10.0. The molecule has 1 unspecified atom stereocenters. The highest BCUT2D eigenvalue weighted by Gasteiger charge is 2.17. The number of benzene rings is 4. The van der Waals surface area contributed by atoms with Crippen LogP contribution in [0.4, 0.5) is 0 Å². The number of methoxy groups -OCH3 is 2. The van der Waals surface area contributed by atoms with Gasteiger partial charge in [-0.15, -0.1) is 0 Å². The van der Waals surface area contributed by atoms with Crippen LogP contribution in [-0.2, 0) is 9.59 Å². The second kappa shape index (κ2) is 18.1. The number of fused-ring (bicyclic) bond motifs is 3. The molecule has 5 aromatic rings. The topological polar surface area (TPSA) is 132 Å². The molecule has 0 spiro atoms. The first kappa shape index (κ1) is 35.4. The average Bonchev–Trinajstić information content (AvgIpc) is 3.48. The molecular weight excluding hydrogens is 614 g/mol. The van der Waals surface area contributed by atoms with Crippen molar-refractivity contribution >= 4 is 33.6 Å². The van der Waals surface area contributed by atoms with E-state index in [-0.39, 0.29) is 31.6 Å². The fraction of sp³-hybridized carbons (Fsp3) is 0.297. The van der Waals surface area contributed by atoms with Gasteiger partial charge in [0.15, 0.2) is 23.0 Å². The zero-order valence-corrected chi connectivity index (χ0v) is 27.7. The minimum atomic E-state index is -0.847. The van der Waals surface area contributed by atoms with Crippen LogP contribution in [0, 0.1) is 0 Å². The molecule has 5 rings (SSSR count). The number of H-pyrrole nitrogens is 1. The minimum absolute atomic E-state index is 0.0568. The van der Waals surface area contributed by atoms with E-state index in [4.69, 9.17) is 23.7 Å². The van der Waals surface area contributed by atoms with Gasteiger partial charge in [-0.1, -0.05) is 48.5 Å². The SMILES string of the molecule is COc1ccccc1OCCN(CC(O)COc1cccc2[nH]c3ccccc3c12)C(C)=O.COc1ccccc1OCCNC(C)=O. The van der Waals surface area contributed by atoms with E-state index in [0.29, 0.717) is 48.4 Å². The normalized spacial score (nSPS) is 11.2. The third-order valence-corrected chi connectivity index (χ3v) is 7.29. The van der Waals surface area contributed by atoms with Crippen LogP contribution < -0.4 is 29.0 Å². The van der Waals surface area contributed by atoms with Crippen molar-refractivity contribution in [3.05, 3.63) is 91.0 Å². The molecule has 48 heavy (non-hydrogen) atoms. The zero-order chi connectivity index (χ0) is 34.3. The van der Waals surface area contributed by atoms with E-state index >= 15 is 0 Å². The standard InChI is InChI=1S/C26H28N2O5.C11H15NO3/c1-18(29)28(14-15-32-24-12-6-5-11-23(24)31-2)16-19(30)17-33-25-13-7-10-22-26(25)20-8-3-4-9-21(20)27-22;1-9(13)12-7-8-15-11-6-4-3-5-10(11)14-2/h3-13,19,27,30H,14-17H2,1-2H3;3-6H,7-8H2,1-2H3,(H,12,13). The number of carbonyl (C=O) groups excluding carboxylic acids is 2. The summed E-state index contributed by atoms with van der Waals surface area (Å²) in [6.45, 7) is 4.70. The molecule has 1 aromatic heterocycles. The van der Waals surface area contributed by atoms with Gasteiger partial charge in [0.2, 0.25) is 11.8 Å². The van der Waals surface area contributed by atoms with E-state index in [0.717, 1.165) is 21.8 Å². The molecule has 0 fully saturated rings. The van der Waals surface area contributed by atoms with E-state index in [2.05, 4.69) is 10.3 Å². The molecular formula is C37H43N3O8. The number of nitrogens with one attached hydrogen (secondary N) is 2. The van der Waals surface area contributed by atoms with Gasteiger partial charge in [0.25, 0.3) is 0 Å². The lowest BCUT2D eigenvalue weighted by Crippen LogP contribution is -2.40. The first-order chi connectivity index (χ1) is 23.3. The molecule has 1 atom stereocenters. The summed E-state index contributed by atoms with van der Waals surface area (Å²) in [4.78, 5) is 27.6. The number of aliphatic hydroxyl groups excluding tert-OH is 1. The van der Waals surface area contributed by atoms with Crippen LogP contribution in [-0.4, -0.2) is 86.6 Å². The second-order valence-corrected chi connectivity index (χ2v) is 10.8. The fourth-order valence-corrected chi connectivity index (χ4v) is 4.99. The largest absolute Gasteiger partial charge is 0.493 e. The van der Waals surface area contributed by atoms with Gasteiger partial charge in [0, 0.05) is 30.1 Å². The van der Waals surface area contributed by atoms with Crippen molar-refractivity contribution in [3.8, 4) is 28.7 Å². The minimum Gasteiger partial charge on any atom is -0.493 e. The summed E-state index contributed by atoms with van der Waals surface area (Å²) in [6.07, 6.45) is -0.847. The van der Waals surface area contributed by atoms with Crippen molar-refractivity contribution in [1.82, 2.24) is 15.2 Å². The number of hydrogen-bond acceptors (Lipinski definition) is 8. The van der Waals surface area contributed by atoms with Gasteiger partial charge < -0.3 is 44.0 Å². The maximum atomic E-state index is 12.1. The maximum absolute atomic E-state index is 12.1. The zero-order valence-electron chi connectivity index (χ0n) is 27.7. The molecule has 1 heterocycles. The van der Waals surface area contributed by atoms with Crippen LogP contribution >= 0.6 is 0 Å². The van der Waals surface area contributed by atoms with Crippen LogP contribution in [0.5, 0.6) is 28.7 Å². The van der Waals surface area contributed by atoms with Crippen molar-refractivity contribution in [2.75, 3.05) is 53.7 Å². The van der Waals surface area contributed by atoms with Crippen molar-refractivity contribution in [1.29, 1.82) is 0 Å². The van der Waals surface area contributed by atoms with E-state index in [1.165, 1.54) is 13.8 Å². The van der Waals surface area contributed by atoms with Gasteiger partial charge in [-0.05, 0) is 42.5 Å². The summed E-state index contributed by atoms with van der Waals surface area (Å²) in [7, 11) is 3.17. The predicted molar refractivity (Wildman–Crippen MR) is 185 cm³/mol. The Morgan fingerprint density at radius 1 is 0.729 bits per heavy atom. The van der Waals surface area contributed by atoms with Crippen LogP contribution in [0.1, 0.15) is 13.8 Å². The Morgan fingerprint density at radius 2 is 1.29 bits per heavy atom. The van der Waals surface area contributed by atoms with Crippen molar-refractivity contribution < 1.29 is 38.4 Å². The highest BCUT2D eigenvalue weighted by Crippen LogP contribution is 2.33. The average molecular weight is 658 g/mol. The lowest BCUT2D eigenvalue weighted by atomic mass is 10.1. The number of ether oxygens (including phenoxy) is 5. The van der Waals surface area contributed by atoms with E-state index in [9.17, 15) is 14.7 Å². The number of aromatic nitrogens is 1. The monoisotopic (exact) mass is 657 g/mol. The Hall–Kier alpha value is -5.42. The summed E-state index contributed by atoms with van der Waals surface area (Å²) in [6, 6.07) is 28.6.